The molecular formula is C23H26FNO4. The van der Waals surface area contributed by atoms with Gasteiger partial charge in [-0.25, -0.2) is 4.39 Å². The molecule has 1 N–H and O–H groups in total. The third-order valence-corrected chi connectivity index (χ3v) is 4.76. The predicted octanol–water partition coefficient (Wildman–Crippen LogP) is 4.87. The number of Topliss-reactive ketones (excluding diaryl/α,β-unsaturated/α-hetero) is 1. The van der Waals surface area contributed by atoms with Gasteiger partial charge in [-0.2, -0.15) is 0 Å². The van der Waals surface area contributed by atoms with Gasteiger partial charge in [0.05, 0.1) is 6.42 Å². The zero-order chi connectivity index (χ0) is 21.4. The van der Waals surface area contributed by atoms with Crippen molar-refractivity contribution in [2.45, 2.75) is 52.1 Å². The lowest BCUT2D eigenvalue weighted by Gasteiger charge is -2.18. The fourth-order valence-electron chi connectivity index (χ4n) is 2.80. The van der Waals surface area contributed by atoms with E-state index in [0.717, 1.165) is 12.0 Å². The van der Waals surface area contributed by atoms with E-state index in [1.165, 1.54) is 31.2 Å². The molecule has 2 aromatic carbocycles. The monoisotopic (exact) mass is 399 g/mol. The Kier molecular flexibility index (Phi) is 8.07. The molecule has 0 aliphatic rings. The Balaban J connectivity index is 1.87. The van der Waals surface area contributed by atoms with Crippen molar-refractivity contribution in [3.8, 4) is 0 Å². The van der Waals surface area contributed by atoms with Crippen molar-refractivity contribution in [2.24, 2.45) is 0 Å². The van der Waals surface area contributed by atoms with E-state index in [1.807, 2.05) is 24.3 Å². The number of hydrogen-bond donors (Lipinski definition) is 1. The van der Waals surface area contributed by atoms with Crippen LogP contribution in [-0.2, 0) is 14.3 Å². The number of esters is 1. The molecular weight excluding hydrogens is 373 g/mol. The first-order valence-corrected chi connectivity index (χ1v) is 9.69. The van der Waals surface area contributed by atoms with Crippen LogP contribution in [0.5, 0.6) is 0 Å². The van der Waals surface area contributed by atoms with Crippen molar-refractivity contribution in [1.29, 1.82) is 0 Å². The van der Waals surface area contributed by atoms with Crippen LogP contribution in [0.2, 0.25) is 0 Å². The molecule has 0 bridgehead atoms. The third-order valence-electron chi connectivity index (χ3n) is 4.76. The number of ether oxygens (including phenoxy) is 1. The highest BCUT2D eigenvalue weighted by Gasteiger charge is 2.20. The summed E-state index contributed by atoms with van der Waals surface area (Å²) in [6.07, 6.45) is -0.291. The molecule has 6 heteroatoms. The SMILES string of the molecule is CCC(C)c1ccccc1NC(=O)C(C)OC(=O)CCC(=O)c1ccc(F)cc1. The molecule has 0 heterocycles. The van der Waals surface area contributed by atoms with E-state index in [9.17, 15) is 18.8 Å². The third kappa shape index (κ3) is 6.52. The summed E-state index contributed by atoms with van der Waals surface area (Å²) < 4.78 is 18.1. The highest BCUT2D eigenvalue weighted by Crippen LogP contribution is 2.26. The van der Waals surface area contributed by atoms with Gasteiger partial charge in [0.25, 0.3) is 5.91 Å². The van der Waals surface area contributed by atoms with E-state index in [-0.39, 0.29) is 24.5 Å². The Bertz CT molecular complexity index is 863. The van der Waals surface area contributed by atoms with Crippen LogP contribution >= 0.6 is 0 Å². The molecule has 0 saturated carbocycles. The van der Waals surface area contributed by atoms with Crippen molar-refractivity contribution in [1.82, 2.24) is 0 Å². The second-order valence-corrected chi connectivity index (χ2v) is 6.95. The summed E-state index contributed by atoms with van der Waals surface area (Å²) in [6.45, 7) is 5.63. The van der Waals surface area contributed by atoms with Crippen LogP contribution in [0, 0.1) is 5.82 Å². The lowest BCUT2D eigenvalue weighted by atomic mass is 9.97. The summed E-state index contributed by atoms with van der Waals surface area (Å²) in [5.41, 5.74) is 2.04. The molecule has 0 aliphatic carbocycles. The smallest absolute Gasteiger partial charge is 0.307 e. The van der Waals surface area contributed by atoms with E-state index in [0.29, 0.717) is 11.3 Å². The number of nitrogens with one attached hydrogen (secondary N) is 1. The zero-order valence-electron chi connectivity index (χ0n) is 16.9. The highest BCUT2D eigenvalue weighted by molar-refractivity contribution is 5.98. The van der Waals surface area contributed by atoms with Gasteiger partial charge in [0.2, 0.25) is 0 Å². The molecule has 0 fully saturated rings. The molecule has 0 spiro atoms. The molecule has 0 radical (unpaired) electrons. The Morgan fingerprint density at radius 1 is 1.00 bits per heavy atom. The van der Waals surface area contributed by atoms with Gasteiger partial charge < -0.3 is 10.1 Å². The highest BCUT2D eigenvalue weighted by atomic mass is 19.1. The standard InChI is InChI=1S/C23H26FNO4/c1-4-15(2)19-7-5-6-8-20(19)25-23(28)16(3)29-22(27)14-13-21(26)17-9-11-18(24)12-10-17/h5-12,15-16H,4,13-14H2,1-3H3,(H,25,28). The Hall–Kier alpha value is -3.02. The maximum Gasteiger partial charge on any atom is 0.307 e. The minimum Gasteiger partial charge on any atom is -0.453 e. The van der Waals surface area contributed by atoms with Gasteiger partial charge in [0.15, 0.2) is 11.9 Å². The molecule has 0 aromatic heterocycles. The number of benzene rings is 2. The first kappa shape index (κ1) is 22.3. The minimum atomic E-state index is -0.992. The molecule has 29 heavy (non-hydrogen) atoms. The summed E-state index contributed by atoms with van der Waals surface area (Å²) >= 11 is 0. The first-order valence-electron chi connectivity index (χ1n) is 9.69. The minimum absolute atomic E-state index is 0.0738. The van der Waals surface area contributed by atoms with E-state index < -0.39 is 23.8 Å². The molecule has 0 aliphatic heterocycles. The summed E-state index contributed by atoms with van der Waals surface area (Å²) in [5.74, 6) is -1.52. The lowest BCUT2D eigenvalue weighted by Crippen LogP contribution is -2.30. The Labute approximate surface area is 170 Å². The summed E-state index contributed by atoms with van der Waals surface area (Å²) in [5, 5.41) is 2.81. The molecule has 2 atom stereocenters. The quantitative estimate of drug-likeness (QED) is 0.482. The van der Waals surface area contributed by atoms with Crippen molar-refractivity contribution < 1.29 is 23.5 Å². The van der Waals surface area contributed by atoms with Gasteiger partial charge in [-0.1, -0.05) is 32.0 Å². The number of carbonyl (C=O) groups is 3. The van der Waals surface area contributed by atoms with Crippen molar-refractivity contribution in [3.63, 3.8) is 0 Å². The van der Waals surface area contributed by atoms with Crippen LogP contribution in [0.4, 0.5) is 10.1 Å². The predicted molar refractivity (Wildman–Crippen MR) is 109 cm³/mol. The number of ketones is 1. The topological polar surface area (TPSA) is 72.5 Å². The van der Waals surface area contributed by atoms with Crippen molar-refractivity contribution in [2.75, 3.05) is 5.32 Å². The number of hydrogen-bond acceptors (Lipinski definition) is 4. The second-order valence-electron chi connectivity index (χ2n) is 6.95. The molecule has 2 aromatic rings. The molecule has 0 saturated heterocycles. The summed E-state index contributed by atoms with van der Waals surface area (Å²) in [6, 6.07) is 12.6. The second kappa shape index (κ2) is 10.5. The van der Waals surface area contributed by atoms with Crippen molar-refractivity contribution in [3.05, 3.63) is 65.5 Å². The number of para-hydroxylation sites is 1. The van der Waals surface area contributed by atoms with Crippen LogP contribution in [0.25, 0.3) is 0 Å². The largest absolute Gasteiger partial charge is 0.453 e. The van der Waals surface area contributed by atoms with Crippen molar-refractivity contribution >= 4 is 23.3 Å². The van der Waals surface area contributed by atoms with Crippen LogP contribution < -0.4 is 5.32 Å². The Morgan fingerprint density at radius 3 is 2.31 bits per heavy atom. The van der Waals surface area contributed by atoms with Gasteiger partial charge in [-0.3, -0.25) is 14.4 Å². The number of rotatable bonds is 9. The van der Waals surface area contributed by atoms with Gasteiger partial charge in [0.1, 0.15) is 5.82 Å². The average Bonchev–Trinajstić information content (AvgIpc) is 2.72. The average molecular weight is 399 g/mol. The fraction of sp³-hybridized carbons (Fsp3) is 0.348. The number of anilines is 1. The lowest BCUT2D eigenvalue weighted by molar-refractivity contribution is -0.153. The number of carbonyl (C=O) groups excluding carboxylic acids is 3. The molecule has 154 valence electrons. The number of halogens is 1. The van der Waals surface area contributed by atoms with E-state index in [4.69, 9.17) is 4.74 Å². The molecule has 1 amide bonds. The van der Waals surface area contributed by atoms with Gasteiger partial charge in [-0.05, 0) is 55.2 Å². The normalized spacial score (nSPS) is 12.7. The van der Waals surface area contributed by atoms with Crippen LogP contribution in [0.3, 0.4) is 0 Å². The van der Waals surface area contributed by atoms with Crippen LogP contribution in [0.15, 0.2) is 48.5 Å². The maximum absolute atomic E-state index is 12.9. The first-order chi connectivity index (χ1) is 13.8. The van der Waals surface area contributed by atoms with Gasteiger partial charge in [-0.15, -0.1) is 0 Å². The van der Waals surface area contributed by atoms with E-state index >= 15 is 0 Å². The fourth-order valence-corrected chi connectivity index (χ4v) is 2.80. The van der Waals surface area contributed by atoms with E-state index in [1.54, 1.807) is 0 Å². The van der Waals surface area contributed by atoms with Crippen LogP contribution in [0.1, 0.15) is 61.9 Å². The number of amides is 1. The van der Waals surface area contributed by atoms with Gasteiger partial charge >= 0.3 is 5.97 Å². The molecule has 2 rings (SSSR count). The zero-order valence-corrected chi connectivity index (χ0v) is 16.9. The summed E-state index contributed by atoms with van der Waals surface area (Å²) in [7, 11) is 0. The van der Waals surface area contributed by atoms with Gasteiger partial charge in [0, 0.05) is 17.7 Å². The summed E-state index contributed by atoms with van der Waals surface area (Å²) in [4.78, 5) is 36.5. The Morgan fingerprint density at radius 2 is 1.66 bits per heavy atom. The molecule has 5 nitrogen and oxygen atoms in total. The van der Waals surface area contributed by atoms with Crippen LogP contribution in [-0.4, -0.2) is 23.8 Å². The molecule has 2 unspecified atom stereocenters. The van der Waals surface area contributed by atoms with E-state index in [2.05, 4.69) is 19.2 Å². The maximum atomic E-state index is 12.9.